The quantitative estimate of drug-likeness (QED) is 0.344. The SMILES string of the molecule is N=C(N=C(N)N)SCCSc1cc(Cl)ccc1Cl. The van der Waals surface area contributed by atoms with E-state index in [1.54, 1.807) is 23.9 Å². The molecule has 18 heavy (non-hydrogen) atoms. The third kappa shape index (κ3) is 5.86. The number of amidine groups is 1. The van der Waals surface area contributed by atoms with Gasteiger partial charge >= 0.3 is 0 Å². The minimum absolute atomic E-state index is 0.0990. The predicted octanol–water partition coefficient (Wildman–Crippen LogP) is 3.03. The van der Waals surface area contributed by atoms with Crippen LogP contribution in [0.2, 0.25) is 10.0 Å². The average Bonchev–Trinajstić information content (AvgIpc) is 2.28. The van der Waals surface area contributed by atoms with Crippen LogP contribution >= 0.6 is 46.7 Å². The van der Waals surface area contributed by atoms with E-state index in [9.17, 15) is 0 Å². The molecule has 1 aromatic carbocycles. The van der Waals surface area contributed by atoms with Gasteiger partial charge in [-0.3, -0.25) is 5.41 Å². The molecule has 0 saturated heterocycles. The van der Waals surface area contributed by atoms with Crippen LogP contribution in [-0.2, 0) is 0 Å². The molecule has 0 aliphatic heterocycles. The summed E-state index contributed by atoms with van der Waals surface area (Å²) < 4.78 is 0. The lowest BCUT2D eigenvalue weighted by molar-refractivity contribution is 1.42. The maximum atomic E-state index is 7.44. The first-order valence-electron chi connectivity index (χ1n) is 4.88. The number of hydrogen-bond acceptors (Lipinski definition) is 3. The molecule has 4 nitrogen and oxygen atoms in total. The fraction of sp³-hybridized carbons (Fsp3) is 0.200. The number of nitrogens with two attached hydrogens (primary N) is 2. The monoisotopic (exact) mass is 322 g/mol. The number of thioether (sulfide) groups is 2. The predicted molar refractivity (Wildman–Crippen MR) is 83.2 cm³/mol. The van der Waals surface area contributed by atoms with E-state index in [0.717, 1.165) is 10.6 Å². The summed E-state index contributed by atoms with van der Waals surface area (Å²) in [5.41, 5.74) is 10.3. The lowest BCUT2D eigenvalue weighted by Crippen LogP contribution is -2.23. The lowest BCUT2D eigenvalue weighted by atomic mass is 10.4. The number of benzene rings is 1. The molecule has 0 bridgehead atoms. The van der Waals surface area contributed by atoms with E-state index in [4.69, 9.17) is 40.1 Å². The van der Waals surface area contributed by atoms with E-state index < -0.39 is 0 Å². The fourth-order valence-electron chi connectivity index (χ4n) is 1.03. The van der Waals surface area contributed by atoms with Gasteiger partial charge in [0.15, 0.2) is 11.1 Å². The van der Waals surface area contributed by atoms with Gasteiger partial charge in [0.1, 0.15) is 0 Å². The molecule has 0 unspecified atom stereocenters. The second-order valence-electron chi connectivity index (χ2n) is 3.11. The van der Waals surface area contributed by atoms with Crippen molar-refractivity contribution in [3.63, 3.8) is 0 Å². The molecule has 98 valence electrons. The molecule has 0 saturated carbocycles. The zero-order valence-corrected chi connectivity index (χ0v) is 12.5. The first-order valence-corrected chi connectivity index (χ1v) is 7.60. The van der Waals surface area contributed by atoms with Gasteiger partial charge in [0.2, 0.25) is 0 Å². The number of halogens is 2. The van der Waals surface area contributed by atoms with Crippen LogP contribution in [0.4, 0.5) is 0 Å². The molecule has 0 fully saturated rings. The molecule has 0 aliphatic carbocycles. The molecular formula is C10H12Cl2N4S2. The summed E-state index contributed by atoms with van der Waals surface area (Å²) in [5.74, 6) is 1.40. The van der Waals surface area contributed by atoms with Crippen molar-refractivity contribution in [2.24, 2.45) is 16.5 Å². The molecule has 0 heterocycles. The molecule has 0 aliphatic rings. The Kier molecular flexibility index (Phi) is 6.70. The zero-order chi connectivity index (χ0) is 13.5. The van der Waals surface area contributed by atoms with Crippen LogP contribution in [0.25, 0.3) is 0 Å². The molecule has 0 radical (unpaired) electrons. The Morgan fingerprint density at radius 3 is 2.67 bits per heavy atom. The third-order valence-electron chi connectivity index (χ3n) is 1.70. The van der Waals surface area contributed by atoms with Gasteiger partial charge in [-0.05, 0) is 18.2 Å². The molecule has 0 aromatic heterocycles. The van der Waals surface area contributed by atoms with E-state index in [-0.39, 0.29) is 11.1 Å². The van der Waals surface area contributed by atoms with Crippen molar-refractivity contribution in [1.29, 1.82) is 5.41 Å². The Bertz CT molecular complexity index is 461. The summed E-state index contributed by atoms with van der Waals surface area (Å²) in [6.07, 6.45) is 0. The van der Waals surface area contributed by atoms with E-state index in [1.165, 1.54) is 11.8 Å². The van der Waals surface area contributed by atoms with Gasteiger partial charge in [-0.25, -0.2) is 0 Å². The zero-order valence-electron chi connectivity index (χ0n) is 9.32. The van der Waals surface area contributed by atoms with Gasteiger partial charge in [0.05, 0.1) is 5.02 Å². The average molecular weight is 323 g/mol. The maximum absolute atomic E-state index is 7.44. The van der Waals surface area contributed by atoms with Crippen molar-refractivity contribution in [3.05, 3.63) is 28.2 Å². The molecule has 0 amide bonds. The normalized spacial score (nSPS) is 10.1. The minimum Gasteiger partial charge on any atom is -0.370 e. The van der Waals surface area contributed by atoms with Crippen molar-refractivity contribution in [2.45, 2.75) is 4.90 Å². The Morgan fingerprint density at radius 1 is 1.28 bits per heavy atom. The van der Waals surface area contributed by atoms with Crippen molar-refractivity contribution in [1.82, 2.24) is 0 Å². The van der Waals surface area contributed by atoms with Crippen LogP contribution in [0.1, 0.15) is 0 Å². The number of hydrogen-bond donors (Lipinski definition) is 3. The van der Waals surface area contributed by atoms with Gasteiger partial charge in [0, 0.05) is 21.4 Å². The Hall–Kier alpha value is -0.560. The first kappa shape index (κ1) is 15.5. The summed E-state index contributed by atoms with van der Waals surface area (Å²) in [6, 6.07) is 5.33. The fourth-order valence-corrected chi connectivity index (χ4v) is 3.21. The first-order chi connectivity index (χ1) is 8.49. The summed E-state index contributed by atoms with van der Waals surface area (Å²) in [4.78, 5) is 4.54. The molecule has 5 N–H and O–H groups in total. The van der Waals surface area contributed by atoms with E-state index in [1.807, 2.05) is 6.07 Å². The second kappa shape index (κ2) is 7.78. The van der Waals surface area contributed by atoms with Crippen LogP contribution in [-0.4, -0.2) is 22.6 Å². The largest absolute Gasteiger partial charge is 0.370 e. The van der Waals surface area contributed by atoms with Gasteiger partial charge in [-0.1, -0.05) is 35.0 Å². The van der Waals surface area contributed by atoms with Crippen LogP contribution in [0.5, 0.6) is 0 Å². The van der Waals surface area contributed by atoms with Gasteiger partial charge in [-0.2, -0.15) is 4.99 Å². The smallest absolute Gasteiger partial charge is 0.193 e. The number of aliphatic imine (C=N–C) groups is 1. The number of nitrogens with one attached hydrogen (secondary N) is 1. The lowest BCUT2D eigenvalue weighted by Gasteiger charge is -2.04. The molecule has 0 spiro atoms. The molecule has 1 aromatic rings. The van der Waals surface area contributed by atoms with E-state index in [0.29, 0.717) is 15.8 Å². The molecule has 8 heteroatoms. The summed E-state index contributed by atoms with van der Waals surface area (Å²) in [7, 11) is 0. The second-order valence-corrected chi connectivity index (χ2v) is 6.18. The van der Waals surface area contributed by atoms with Gasteiger partial charge in [-0.15, -0.1) is 11.8 Å². The Balaban J connectivity index is 2.36. The topological polar surface area (TPSA) is 88.2 Å². The highest BCUT2D eigenvalue weighted by Gasteiger charge is 2.03. The molecule has 1 rings (SSSR count). The van der Waals surface area contributed by atoms with E-state index >= 15 is 0 Å². The standard InChI is InChI=1S/C10H12Cl2N4S2/c11-6-1-2-7(12)8(5-6)17-3-4-18-10(15)16-9(13)14/h1-2,5H,3-4H2,(H5,13,14,15,16). The van der Waals surface area contributed by atoms with Crippen LogP contribution in [0.3, 0.4) is 0 Å². The highest BCUT2D eigenvalue weighted by atomic mass is 35.5. The summed E-state index contributed by atoms with van der Waals surface area (Å²) in [6.45, 7) is 0. The third-order valence-corrected chi connectivity index (χ3v) is 4.47. The van der Waals surface area contributed by atoms with Crippen molar-refractivity contribution < 1.29 is 0 Å². The van der Waals surface area contributed by atoms with Crippen molar-refractivity contribution in [3.8, 4) is 0 Å². The summed E-state index contributed by atoms with van der Waals surface area (Å²) in [5, 5.41) is 8.87. The Morgan fingerprint density at radius 2 is 2.00 bits per heavy atom. The van der Waals surface area contributed by atoms with Crippen LogP contribution < -0.4 is 11.5 Å². The van der Waals surface area contributed by atoms with Crippen molar-refractivity contribution >= 4 is 57.9 Å². The van der Waals surface area contributed by atoms with Gasteiger partial charge < -0.3 is 11.5 Å². The van der Waals surface area contributed by atoms with Gasteiger partial charge in [0.25, 0.3) is 0 Å². The Labute approximate surface area is 124 Å². The highest BCUT2D eigenvalue weighted by molar-refractivity contribution is 8.14. The molecule has 0 atom stereocenters. The number of guanidine groups is 1. The number of nitrogens with zero attached hydrogens (tertiary/aromatic N) is 1. The maximum Gasteiger partial charge on any atom is 0.193 e. The molecular weight excluding hydrogens is 311 g/mol. The summed E-state index contributed by atoms with van der Waals surface area (Å²) >= 11 is 14.8. The number of rotatable bonds is 4. The van der Waals surface area contributed by atoms with Crippen molar-refractivity contribution in [2.75, 3.05) is 11.5 Å². The van der Waals surface area contributed by atoms with E-state index in [2.05, 4.69) is 4.99 Å². The minimum atomic E-state index is -0.0990. The van der Waals surface area contributed by atoms with Crippen LogP contribution in [0, 0.1) is 5.41 Å². The van der Waals surface area contributed by atoms with Crippen LogP contribution in [0.15, 0.2) is 28.1 Å². The highest BCUT2D eigenvalue weighted by Crippen LogP contribution is 2.30.